The van der Waals surface area contributed by atoms with Gasteiger partial charge in [0.1, 0.15) is 0 Å². The first-order valence-electron chi connectivity index (χ1n) is 5.65. The number of hydrogen-bond acceptors (Lipinski definition) is 4. The summed E-state index contributed by atoms with van der Waals surface area (Å²) in [5.74, 6) is 0.224. The first-order valence-corrected chi connectivity index (χ1v) is 5.65. The molecular weight excluding hydrogens is 237 g/mol. The molecule has 0 radical (unpaired) electrons. The molecule has 0 atom stereocenters. The highest BCUT2D eigenvalue weighted by Gasteiger charge is 2.18. The van der Waals surface area contributed by atoms with Crippen LogP contribution in [0.2, 0.25) is 0 Å². The monoisotopic (exact) mass is 249 g/mol. The molecule has 1 saturated heterocycles. The van der Waals surface area contributed by atoms with Crippen LogP contribution in [-0.2, 0) is 9.47 Å². The lowest BCUT2D eigenvalue weighted by Gasteiger charge is -2.09. The Morgan fingerprint density at radius 3 is 2.61 bits per heavy atom. The number of rotatable bonds is 2. The van der Waals surface area contributed by atoms with Crippen LogP contribution < -0.4 is 0 Å². The lowest BCUT2D eigenvalue weighted by molar-refractivity contribution is -0.0443. The number of hydrogen-bond donors (Lipinski definition) is 0. The molecule has 1 fully saturated rings. The maximum atomic E-state index is 13.2. The van der Waals surface area contributed by atoms with Crippen LogP contribution in [0, 0.1) is 12.7 Å². The maximum Gasteiger partial charge on any atom is 0.185 e. The smallest absolute Gasteiger partial charge is 0.185 e. The van der Waals surface area contributed by atoms with E-state index in [0.717, 1.165) is 5.56 Å². The van der Waals surface area contributed by atoms with Gasteiger partial charge in [0.2, 0.25) is 0 Å². The second kappa shape index (κ2) is 4.47. The summed E-state index contributed by atoms with van der Waals surface area (Å²) >= 11 is 0. The lowest BCUT2D eigenvalue weighted by atomic mass is 10.3. The van der Waals surface area contributed by atoms with Crippen molar-refractivity contribution in [3.8, 4) is 5.82 Å². The Hall–Kier alpha value is -1.79. The number of aromatic nitrogens is 3. The van der Waals surface area contributed by atoms with Gasteiger partial charge in [-0.15, -0.1) is 0 Å². The van der Waals surface area contributed by atoms with Gasteiger partial charge in [0, 0.05) is 11.8 Å². The maximum absolute atomic E-state index is 13.2. The second-order valence-electron chi connectivity index (χ2n) is 4.01. The van der Waals surface area contributed by atoms with Crippen LogP contribution in [0.3, 0.4) is 0 Å². The van der Waals surface area contributed by atoms with E-state index in [0.29, 0.717) is 24.7 Å². The van der Waals surface area contributed by atoms with Crippen molar-refractivity contribution in [3.05, 3.63) is 41.6 Å². The summed E-state index contributed by atoms with van der Waals surface area (Å²) in [7, 11) is 0. The molecule has 5 nitrogen and oxygen atoms in total. The van der Waals surface area contributed by atoms with Crippen molar-refractivity contribution >= 4 is 0 Å². The second-order valence-corrected chi connectivity index (χ2v) is 4.01. The molecule has 18 heavy (non-hydrogen) atoms. The molecule has 1 aliphatic heterocycles. The van der Waals surface area contributed by atoms with Crippen LogP contribution in [0.5, 0.6) is 0 Å². The van der Waals surface area contributed by atoms with Crippen molar-refractivity contribution in [2.24, 2.45) is 0 Å². The van der Waals surface area contributed by atoms with Crippen LogP contribution in [0.4, 0.5) is 4.39 Å². The van der Waals surface area contributed by atoms with Crippen LogP contribution in [0.25, 0.3) is 5.82 Å². The third kappa shape index (κ3) is 1.89. The highest BCUT2D eigenvalue weighted by Crippen LogP contribution is 2.23. The molecular formula is C12H12FN3O2. The van der Waals surface area contributed by atoms with Gasteiger partial charge in [-0.25, -0.2) is 14.1 Å². The molecule has 0 aliphatic carbocycles. The van der Waals surface area contributed by atoms with E-state index in [-0.39, 0.29) is 12.1 Å². The fourth-order valence-electron chi connectivity index (χ4n) is 1.83. The molecule has 0 saturated carbocycles. The molecule has 0 bridgehead atoms. The van der Waals surface area contributed by atoms with Gasteiger partial charge in [-0.2, -0.15) is 5.10 Å². The lowest BCUT2D eigenvalue weighted by Crippen LogP contribution is -2.04. The highest BCUT2D eigenvalue weighted by atomic mass is 19.1. The van der Waals surface area contributed by atoms with Crippen molar-refractivity contribution in [3.63, 3.8) is 0 Å². The molecule has 94 valence electrons. The Balaban J connectivity index is 1.88. The van der Waals surface area contributed by atoms with Gasteiger partial charge in [0.05, 0.1) is 25.1 Å². The van der Waals surface area contributed by atoms with E-state index in [1.807, 2.05) is 6.07 Å². The summed E-state index contributed by atoms with van der Waals surface area (Å²) in [4.78, 5) is 4.24. The third-order valence-electron chi connectivity index (χ3n) is 2.83. The van der Waals surface area contributed by atoms with E-state index in [2.05, 4.69) is 10.1 Å². The number of ether oxygens (including phenoxy) is 2. The average Bonchev–Trinajstić information content (AvgIpc) is 3.02. The van der Waals surface area contributed by atoms with E-state index in [4.69, 9.17) is 9.47 Å². The minimum Gasteiger partial charge on any atom is -0.346 e. The molecule has 6 heteroatoms. The molecule has 0 aromatic carbocycles. The fourth-order valence-corrected chi connectivity index (χ4v) is 1.83. The van der Waals surface area contributed by atoms with E-state index in [9.17, 15) is 4.39 Å². The van der Waals surface area contributed by atoms with Gasteiger partial charge in [0.15, 0.2) is 17.9 Å². The average molecular weight is 249 g/mol. The van der Waals surface area contributed by atoms with E-state index >= 15 is 0 Å². The zero-order chi connectivity index (χ0) is 12.5. The first-order chi connectivity index (χ1) is 8.75. The summed E-state index contributed by atoms with van der Waals surface area (Å²) in [6.45, 7) is 2.84. The van der Waals surface area contributed by atoms with E-state index < -0.39 is 0 Å². The van der Waals surface area contributed by atoms with Crippen molar-refractivity contribution in [2.45, 2.75) is 13.2 Å². The molecule has 2 aromatic heterocycles. The predicted molar refractivity (Wildman–Crippen MR) is 60.7 cm³/mol. The van der Waals surface area contributed by atoms with E-state index in [1.54, 1.807) is 19.2 Å². The summed E-state index contributed by atoms with van der Waals surface area (Å²) in [5, 5.41) is 3.93. The molecule has 3 rings (SSSR count). The standard InChI is InChI=1S/C12H12FN3O2/c1-8-10(13)7-15-16(8)11-3-2-9(6-14-11)12-17-4-5-18-12/h2-3,6-7,12H,4-5H2,1H3. The van der Waals surface area contributed by atoms with Crippen LogP contribution in [-0.4, -0.2) is 28.0 Å². The Labute approximate surface area is 103 Å². The Bertz CT molecular complexity index is 547. The van der Waals surface area contributed by atoms with Crippen molar-refractivity contribution in [2.75, 3.05) is 13.2 Å². The SMILES string of the molecule is Cc1c(F)cnn1-c1ccc(C2OCCO2)cn1. The predicted octanol–water partition coefficient (Wildman–Crippen LogP) is 1.76. The van der Waals surface area contributed by atoms with E-state index in [1.165, 1.54) is 10.9 Å². The van der Waals surface area contributed by atoms with Gasteiger partial charge in [-0.1, -0.05) is 0 Å². The minimum absolute atomic E-state index is 0.344. The van der Waals surface area contributed by atoms with Gasteiger partial charge in [-0.05, 0) is 19.1 Å². The first kappa shape index (κ1) is 11.3. The molecule has 1 aliphatic rings. The quantitative estimate of drug-likeness (QED) is 0.813. The van der Waals surface area contributed by atoms with Crippen LogP contribution >= 0.6 is 0 Å². The summed E-state index contributed by atoms with van der Waals surface area (Å²) in [6.07, 6.45) is 2.49. The van der Waals surface area contributed by atoms with Crippen molar-refractivity contribution in [1.82, 2.24) is 14.8 Å². The highest BCUT2D eigenvalue weighted by molar-refractivity contribution is 5.27. The Morgan fingerprint density at radius 2 is 2.06 bits per heavy atom. The molecule has 0 amide bonds. The zero-order valence-corrected chi connectivity index (χ0v) is 9.84. The number of pyridine rings is 1. The Kier molecular flexibility index (Phi) is 2.81. The largest absolute Gasteiger partial charge is 0.346 e. The molecule has 0 N–H and O–H groups in total. The fraction of sp³-hybridized carbons (Fsp3) is 0.333. The summed E-state index contributed by atoms with van der Waals surface area (Å²) < 4.78 is 25.4. The molecule has 3 heterocycles. The minimum atomic E-state index is -0.345. The van der Waals surface area contributed by atoms with Crippen LogP contribution in [0.15, 0.2) is 24.5 Å². The van der Waals surface area contributed by atoms with Gasteiger partial charge in [0.25, 0.3) is 0 Å². The Morgan fingerprint density at radius 1 is 1.28 bits per heavy atom. The molecule has 0 unspecified atom stereocenters. The number of nitrogens with zero attached hydrogens (tertiary/aromatic N) is 3. The molecule has 0 spiro atoms. The van der Waals surface area contributed by atoms with Crippen molar-refractivity contribution in [1.29, 1.82) is 0 Å². The van der Waals surface area contributed by atoms with Crippen molar-refractivity contribution < 1.29 is 13.9 Å². The van der Waals surface area contributed by atoms with Gasteiger partial charge < -0.3 is 9.47 Å². The zero-order valence-electron chi connectivity index (χ0n) is 9.84. The third-order valence-corrected chi connectivity index (χ3v) is 2.83. The normalized spacial score (nSPS) is 16.3. The number of halogens is 1. The van der Waals surface area contributed by atoms with Gasteiger partial charge in [-0.3, -0.25) is 0 Å². The molecule has 2 aromatic rings. The summed E-state index contributed by atoms with van der Waals surface area (Å²) in [6, 6.07) is 3.61. The van der Waals surface area contributed by atoms with Gasteiger partial charge >= 0.3 is 0 Å². The topological polar surface area (TPSA) is 49.2 Å². The van der Waals surface area contributed by atoms with Crippen LogP contribution in [0.1, 0.15) is 17.5 Å². The summed E-state index contributed by atoms with van der Waals surface area (Å²) in [5.41, 5.74) is 1.28.